The quantitative estimate of drug-likeness (QED) is 0.816. The SMILES string of the molecule is COc1ccc(SCC2CCNC2)cc1OC. The Labute approximate surface area is 107 Å². The van der Waals surface area contributed by atoms with E-state index >= 15 is 0 Å². The van der Waals surface area contributed by atoms with Gasteiger partial charge >= 0.3 is 0 Å². The van der Waals surface area contributed by atoms with Crippen LogP contribution < -0.4 is 14.8 Å². The average Bonchev–Trinajstić information content (AvgIpc) is 2.89. The first-order valence-corrected chi connectivity index (χ1v) is 6.87. The van der Waals surface area contributed by atoms with Crippen molar-refractivity contribution in [1.29, 1.82) is 0 Å². The number of ether oxygens (including phenoxy) is 2. The molecule has 1 fully saturated rings. The van der Waals surface area contributed by atoms with Crippen molar-refractivity contribution in [2.24, 2.45) is 5.92 Å². The van der Waals surface area contributed by atoms with E-state index in [1.54, 1.807) is 14.2 Å². The third kappa shape index (κ3) is 3.30. The Bertz CT molecular complexity index is 364. The molecule has 1 aliphatic rings. The lowest BCUT2D eigenvalue weighted by molar-refractivity contribution is 0.354. The highest BCUT2D eigenvalue weighted by Gasteiger charge is 2.14. The summed E-state index contributed by atoms with van der Waals surface area (Å²) in [6.45, 7) is 2.32. The molecular formula is C13H19NO2S. The second-order valence-electron chi connectivity index (χ2n) is 4.19. The molecule has 17 heavy (non-hydrogen) atoms. The maximum Gasteiger partial charge on any atom is 0.161 e. The van der Waals surface area contributed by atoms with Crippen LogP contribution in [0.25, 0.3) is 0 Å². The summed E-state index contributed by atoms with van der Waals surface area (Å²) in [4.78, 5) is 1.24. The number of thioether (sulfide) groups is 1. The van der Waals surface area contributed by atoms with Gasteiger partial charge in [-0.1, -0.05) is 0 Å². The summed E-state index contributed by atoms with van der Waals surface area (Å²) in [5.41, 5.74) is 0. The van der Waals surface area contributed by atoms with Crippen LogP contribution in [0.3, 0.4) is 0 Å². The van der Waals surface area contributed by atoms with Crippen LogP contribution in [-0.2, 0) is 0 Å². The highest BCUT2D eigenvalue weighted by atomic mass is 32.2. The summed E-state index contributed by atoms with van der Waals surface area (Å²) < 4.78 is 10.5. The van der Waals surface area contributed by atoms with Crippen LogP contribution >= 0.6 is 11.8 Å². The molecule has 94 valence electrons. The summed E-state index contributed by atoms with van der Waals surface area (Å²) in [5.74, 6) is 3.57. The van der Waals surface area contributed by atoms with Crippen molar-refractivity contribution in [1.82, 2.24) is 5.32 Å². The Hall–Kier alpha value is -0.870. The van der Waals surface area contributed by atoms with E-state index in [0.717, 1.165) is 30.5 Å². The number of hydrogen-bond donors (Lipinski definition) is 1. The molecule has 0 aliphatic carbocycles. The maximum absolute atomic E-state index is 5.30. The summed E-state index contributed by atoms with van der Waals surface area (Å²) >= 11 is 1.89. The van der Waals surface area contributed by atoms with E-state index in [9.17, 15) is 0 Å². The molecule has 1 aromatic carbocycles. The van der Waals surface area contributed by atoms with Crippen molar-refractivity contribution in [3.05, 3.63) is 18.2 Å². The fourth-order valence-electron chi connectivity index (χ4n) is 1.98. The van der Waals surface area contributed by atoms with Crippen molar-refractivity contribution in [2.75, 3.05) is 33.1 Å². The predicted octanol–water partition coefficient (Wildman–Crippen LogP) is 2.41. The Morgan fingerprint density at radius 2 is 2.12 bits per heavy atom. The van der Waals surface area contributed by atoms with Crippen LogP contribution in [-0.4, -0.2) is 33.1 Å². The van der Waals surface area contributed by atoms with E-state index < -0.39 is 0 Å². The molecule has 3 nitrogen and oxygen atoms in total. The van der Waals surface area contributed by atoms with Gasteiger partial charge in [0.05, 0.1) is 14.2 Å². The lowest BCUT2D eigenvalue weighted by atomic mass is 10.2. The number of benzene rings is 1. The Morgan fingerprint density at radius 3 is 2.76 bits per heavy atom. The van der Waals surface area contributed by atoms with Gasteiger partial charge < -0.3 is 14.8 Å². The zero-order valence-electron chi connectivity index (χ0n) is 10.4. The molecule has 1 aliphatic heterocycles. The lowest BCUT2D eigenvalue weighted by Gasteiger charge is -2.11. The molecule has 1 saturated heterocycles. The molecule has 2 rings (SSSR count). The van der Waals surface area contributed by atoms with E-state index in [0.29, 0.717) is 0 Å². The smallest absolute Gasteiger partial charge is 0.161 e. The molecule has 0 aromatic heterocycles. The molecule has 0 saturated carbocycles. The van der Waals surface area contributed by atoms with Gasteiger partial charge in [0.2, 0.25) is 0 Å². The third-order valence-electron chi connectivity index (χ3n) is 3.00. The van der Waals surface area contributed by atoms with Crippen molar-refractivity contribution in [3.8, 4) is 11.5 Å². The van der Waals surface area contributed by atoms with Gasteiger partial charge in [0.1, 0.15) is 0 Å². The second kappa shape index (κ2) is 6.17. The highest BCUT2D eigenvalue weighted by molar-refractivity contribution is 7.99. The van der Waals surface area contributed by atoms with Crippen LogP contribution in [0.2, 0.25) is 0 Å². The fourth-order valence-corrected chi connectivity index (χ4v) is 3.04. The minimum absolute atomic E-state index is 0.791. The Morgan fingerprint density at radius 1 is 1.29 bits per heavy atom. The number of hydrogen-bond acceptors (Lipinski definition) is 4. The predicted molar refractivity (Wildman–Crippen MR) is 71.2 cm³/mol. The molecular weight excluding hydrogens is 234 g/mol. The van der Waals surface area contributed by atoms with Crippen LogP contribution in [0, 0.1) is 5.92 Å². The van der Waals surface area contributed by atoms with Gasteiger partial charge in [0.25, 0.3) is 0 Å². The number of rotatable bonds is 5. The van der Waals surface area contributed by atoms with Crippen molar-refractivity contribution >= 4 is 11.8 Å². The topological polar surface area (TPSA) is 30.5 Å². The monoisotopic (exact) mass is 253 g/mol. The second-order valence-corrected chi connectivity index (χ2v) is 5.28. The Balaban J connectivity index is 1.95. The first-order chi connectivity index (χ1) is 8.33. The van der Waals surface area contributed by atoms with Gasteiger partial charge in [-0.3, -0.25) is 0 Å². The van der Waals surface area contributed by atoms with E-state index in [1.807, 2.05) is 23.9 Å². The zero-order valence-corrected chi connectivity index (χ0v) is 11.2. The van der Waals surface area contributed by atoms with Crippen LogP contribution in [0.15, 0.2) is 23.1 Å². The Kier molecular flexibility index (Phi) is 4.57. The maximum atomic E-state index is 5.30. The van der Waals surface area contributed by atoms with Gasteiger partial charge in [-0.15, -0.1) is 11.8 Å². The molecule has 1 atom stereocenters. The zero-order chi connectivity index (χ0) is 12.1. The van der Waals surface area contributed by atoms with Crippen LogP contribution in [0.4, 0.5) is 0 Å². The summed E-state index contributed by atoms with van der Waals surface area (Å²) in [6, 6.07) is 6.11. The first-order valence-electron chi connectivity index (χ1n) is 5.89. The summed E-state index contributed by atoms with van der Waals surface area (Å²) in [7, 11) is 3.34. The van der Waals surface area contributed by atoms with Crippen molar-refractivity contribution in [3.63, 3.8) is 0 Å². The molecule has 0 spiro atoms. The molecule has 1 unspecified atom stereocenters. The summed E-state index contributed by atoms with van der Waals surface area (Å²) in [6.07, 6.45) is 1.29. The first kappa shape index (κ1) is 12.6. The van der Waals surface area contributed by atoms with E-state index in [2.05, 4.69) is 11.4 Å². The highest BCUT2D eigenvalue weighted by Crippen LogP contribution is 2.32. The van der Waals surface area contributed by atoms with Gasteiger partial charge in [-0.05, 0) is 43.6 Å². The molecule has 0 radical (unpaired) electrons. The summed E-state index contributed by atoms with van der Waals surface area (Å²) in [5, 5.41) is 3.39. The average molecular weight is 253 g/mol. The molecule has 0 amide bonds. The van der Waals surface area contributed by atoms with Crippen LogP contribution in [0.1, 0.15) is 6.42 Å². The van der Waals surface area contributed by atoms with Gasteiger partial charge in [-0.2, -0.15) is 0 Å². The fraction of sp³-hybridized carbons (Fsp3) is 0.538. The molecule has 0 bridgehead atoms. The largest absolute Gasteiger partial charge is 0.493 e. The minimum Gasteiger partial charge on any atom is -0.493 e. The minimum atomic E-state index is 0.791. The molecule has 1 aromatic rings. The van der Waals surface area contributed by atoms with Crippen molar-refractivity contribution in [2.45, 2.75) is 11.3 Å². The van der Waals surface area contributed by atoms with Gasteiger partial charge in [-0.25, -0.2) is 0 Å². The van der Waals surface area contributed by atoms with Crippen molar-refractivity contribution < 1.29 is 9.47 Å². The van der Waals surface area contributed by atoms with Gasteiger partial charge in [0.15, 0.2) is 11.5 Å². The molecule has 1 heterocycles. The molecule has 4 heteroatoms. The molecule has 1 N–H and O–H groups in total. The number of methoxy groups -OCH3 is 2. The van der Waals surface area contributed by atoms with E-state index in [4.69, 9.17) is 9.47 Å². The third-order valence-corrected chi connectivity index (χ3v) is 4.23. The normalized spacial score (nSPS) is 19.3. The van der Waals surface area contributed by atoms with E-state index in [1.165, 1.54) is 17.1 Å². The van der Waals surface area contributed by atoms with Crippen LogP contribution in [0.5, 0.6) is 11.5 Å². The van der Waals surface area contributed by atoms with Gasteiger partial charge in [0, 0.05) is 10.6 Å². The standard InChI is InChI=1S/C13H19NO2S/c1-15-12-4-3-11(7-13(12)16-2)17-9-10-5-6-14-8-10/h3-4,7,10,14H,5-6,8-9H2,1-2H3. The number of nitrogens with one attached hydrogen (secondary N) is 1. The lowest BCUT2D eigenvalue weighted by Crippen LogP contribution is -2.10. The van der Waals surface area contributed by atoms with E-state index in [-0.39, 0.29) is 0 Å².